The average molecular weight is 481 g/mol. The van der Waals surface area contributed by atoms with Crippen molar-refractivity contribution >= 4 is 15.9 Å². The fourth-order valence-electron chi connectivity index (χ4n) is 4.65. The summed E-state index contributed by atoms with van der Waals surface area (Å²) in [5.74, 6) is -0.970. The van der Waals surface area contributed by atoms with Crippen molar-refractivity contribution in [3.8, 4) is 0 Å². The highest BCUT2D eigenvalue weighted by atomic mass is 32.2. The summed E-state index contributed by atoms with van der Waals surface area (Å²) in [5, 5.41) is 2.89. The molecule has 1 N–H and O–H groups in total. The molecule has 0 aliphatic carbocycles. The summed E-state index contributed by atoms with van der Waals surface area (Å²) >= 11 is 0. The highest BCUT2D eigenvalue weighted by molar-refractivity contribution is 7.89. The van der Waals surface area contributed by atoms with Gasteiger partial charge in [-0.2, -0.15) is 4.31 Å². The van der Waals surface area contributed by atoms with E-state index < -0.39 is 27.8 Å². The maximum absolute atomic E-state index is 14.8. The molecule has 7 heteroatoms. The first kappa shape index (κ1) is 24.1. The Balaban J connectivity index is 1.65. The van der Waals surface area contributed by atoms with Gasteiger partial charge in [0.25, 0.3) is 5.91 Å². The lowest BCUT2D eigenvalue weighted by Crippen LogP contribution is -2.42. The van der Waals surface area contributed by atoms with Crippen LogP contribution in [0.25, 0.3) is 0 Å². The SMILES string of the molecule is CC1CC(C)CN(S(=O)(=O)c2ccc(F)c(C(=O)NC(c3ccccc3)c3ccccc3)c2)C1. The van der Waals surface area contributed by atoms with Crippen LogP contribution in [0.3, 0.4) is 0 Å². The molecule has 3 aromatic rings. The van der Waals surface area contributed by atoms with E-state index in [4.69, 9.17) is 0 Å². The van der Waals surface area contributed by atoms with Gasteiger partial charge in [0, 0.05) is 13.1 Å². The van der Waals surface area contributed by atoms with E-state index in [9.17, 15) is 17.6 Å². The fraction of sp³-hybridized carbons (Fsp3) is 0.296. The maximum atomic E-state index is 14.8. The molecule has 178 valence electrons. The molecule has 1 amide bonds. The molecule has 0 saturated carbocycles. The van der Waals surface area contributed by atoms with Crippen LogP contribution in [0.4, 0.5) is 4.39 Å². The zero-order chi connectivity index (χ0) is 24.3. The first-order valence-corrected chi connectivity index (χ1v) is 12.9. The van der Waals surface area contributed by atoms with Crippen molar-refractivity contribution in [1.29, 1.82) is 0 Å². The predicted octanol–water partition coefficient (Wildman–Crippen LogP) is 5.01. The first-order valence-electron chi connectivity index (χ1n) is 11.5. The molecule has 5 nitrogen and oxygen atoms in total. The van der Waals surface area contributed by atoms with Crippen molar-refractivity contribution in [3.63, 3.8) is 0 Å². The van der Waals surface area contributed by atoms with Crippen LogP contribution in [0.15, 0.2) is 83.8 Å². The minimum absolute atomic E-state index is 0.0728. The smallest absolute Gasteiger partial charge is 0.255 e. The molecule has 0 radical (unpaired) electrons. The van der Waals surface area contributed by atoms with Gasteiger partial charge in [-0.15, -0.1) is 0 Å². The number of hydrogen-bond donors (Lipinski definition) is 1. The zero-order valence-electron chi connectivity index (χ0n) is 19.3. The monoisotopic (exact) mass is 480 g/mol. The third-order valence-electron chi connectivity index (χ3n) is 6.20. The van der Waals surface area contributed by atoms with E-state index in [-0.39, 0.29) is 22.3 Å². The number of nitrogens with one attached hydrogen (secondary N) is 1. The molecular formula is C27H29FN2O3S. The third kappa shape index (κ3) is 5.21. The Kier molecular flexibility index (Phi) is 7.14. The van der Waals surface area contributed by atoms with Crippen LogP contribution < -0.4 is 5.32 Å². The molecule has 1 aliphatic rings. The minimum Gasteiger partial charge on any atom is -0.341 e. The molecular weight excluding hydrogens is 451 g/mol. The Morgan fingerprint density at radius 2 is 1.44 bits per heavy atom. The quantitative estimate of drug-likeness (QED) is 0.539. The number of sulfonamides is 1. The van der Waals surface area contributed by atoms with Gasteiger partial charge in [-0.25, -0.2) is 12.8 Å². The Bertz CT molecular complexity index is 1200. The van der Waals surface area contributed by atoms with E-state index in [2.05, 4.69) is 5.32 Å². The van der Waals surface area contributed by atoms with Crippen molar-refractivity contribution in [2.75, 3.05) is 13.1 Å². The summed E-state index contributed by atoms with van der Waals surface area (Å²) in [6.07, 6.45) is 0.962. The van der Waals surface area contributed by atoms with Gasteiger partial charge < -0.3 is 5.32 Å². The summed E-state index contributed by atoms with van der Waals surface area (Å²) in [6, 6.07) is 21.7. The summed E-state index contributed by atoms with van der Waals surface area (Å²) in [4.78, 5) is 13.1. The molecule has 1 fully saturated rings. The lowest BCUT2D eigenvalue weighted by molar-refractivity contribution is 0.0938. The second-order valence-corrected chi connectivity index (χ2v) is 11.1. The molecule has 2 atom stereocenters. The van der Waals surface area contributed by atoms with E-state index >= 15 is 0 Å². The summed E-state index contributed by atoms with van der Waals surface area (Å²) in [5.41, 5.74) is 1.38. The van der Waals surface area contributed by atoms with E-state index in [1.54, 1.807) is 0 Å². The predicted molar refractivity (Wildman–Crippen MR) is 130 cm³/mol. The normalized spacial score (nSPS) is 19.2. The van der Waals surface area contributed by atoms with Gasteiger partial charge in [0.15, 0.2) is 0 Å². The van der Waals surface area contributed by atoms with Crippen LogP contribution in [0.1, 0.15) is 47.8 Å². The standard InChI is InChI=1S/C27H29FN2O3S/c1-19-15-20(2)18-30(17-19)34(32,33)23-13-14-25(28)24(16-23)27(31)29-26(21-9-5-3-6-10-21)22-11-7-4-8-12-22/h3-14,16,19-20,26H,15,17-18H2,1-2H3,(H,29,31). The minimum atomic E-state index is -3.85. The Morgan fingerprint density at radius 3 is 1.97 bits per heavy atom. The molecule has 3 aromatic carbocycles. The number of amides is 1. The Labute approximate surface area is 200 Å². The van der Waals surface area contributed by atoms with Crippen molar-refractivity contribution in [3.05, 3.63) is 101 Å². The van der Waals surface area contributed by atoms with Gasteiger partial charge in [0.2, 0.25) is 10.0 Å². The summed E-state index contributed by atoms with van der Waals surface area (Å²) in [7, 11) is -3.85. The van der Waals surface area contributed by atoms with E-state index in [1.165, 1.54) is 10.4 Å². The second kappa shape index (κ2) is 10.1. The van der Waals surface area contributed by atoms with Gasteiger partial charge in [0.05, 0.1) is 16.5 Å². The Hall–Kier alpha value is -3.03. The number of halogens is 1. The van der Waals surface area contributed by atoms with Crippen LogP contribution in [-0.4, -0.2) is 31.7 Å². The molecule has 0 aromatic heterocycles. The number of piperidine rings is 1. The first-order chi connectivity index (χ1) is 16.3. The molecule has 1 saturated heterocycles. The fourth-order valence-corrected chi connectivity index (χ4v) is 6.36. The van der Waals surface area contributed by atoms with E-state index in [0.29, 0.717) is 13.1 Å². The van der Waals surface area contributed by atoms with Crippen LogP contribution in [-0.2, 0) is 10.0 Å². The van der Waals surface area contributed by atoms with Crippen LogP contribution in [0.5, 0.6) is 0 Å². The molecule has 2 unspecified atom stereocenters. The molecule has 4 rings (SSSR count). The van der Waals surface area contributed by atoms with Crippen molar-refractivity contribution in [2.45, 2.75) is 31.2 Å². The second-order valence-electron chi connectivity index (χ2n) is 9.14. The molecule has 1 aliphatic heterocycles. The number of rotatable bonds is 6. The van der Waals surface area contributed by atoms with Crippen LogP contribution >= 0.6 is 0 Å². The van der Waals surface area contributed by atoms with Gasteiger partial charge in [-0.3, -0.25) is 4.79 Å². The Morgan fingerprint density at radius 1 is 0.912 bits per heavy atom. The number of carbonyl (C=O) groups excluding carboxylic acids is 1. The van der Waals surface area contributed by atoms with Crippen LogP contribution in [0.2, 0.25) is 0 Å². The number of benzene rings is 3. The molecule has 0 spiro atoms. The molecule has 34 heavy (non-hydrogen) atoms. The number of nitrogens with zero attached hydrogens (tertiary/aromatic N) is 1. The van der Waals surface area contributed by atoms with Gasteiger partial charge in [-0.05, 0) is 47.6 Å². The van der Waals surface area contributed by atoms with Crippen LogP contribution in [0, 0.1) is 17.7 Å². The average Bonchev–Trinajstić information content (AvgIpc) is 2.83. The molecule has 1 heterocycles. The maximum Gasteiger partial charge on any atom is 0.255 e. The van der Waals surface area contributed by atoms with Crippen molar-refractivity contribution in [2.24, 2.45) is 11.8 Å². The zero-order valence-corrected chi connectivity index (χ0v) is 20.1. The van der Waals surface area contributed by atoms with Gasteiger partial charge >= 0.3 is 0 Å². The number of hydrogen-bond acceptors (Lipinski definition) is 3. The van der Waals surface area contributed by atoms with E-state index in [1.807, 2.05) is 74.5 Å². The largest absolute Gasteiger partial charge is 0.341 e. The topological polar surface area (TPSA) is 66.5 Å². The number of carbonyl (C=O) groups is 1. The van der Waals surface area contributed by atoms with Crippen molar-refractivity contribution in [1.82, 2.24) is 9.62 Å². The van der Waals surface area contributed by atoms with E-state index in [0.717, 1.165) is 29.7 Å². The van der Waals surface area contributed by atoms with Crippen molar-refractivity contribution < 1.29 is 17.6 Å². The molecule has 0 bridgehead atoms. The van der Waals surface area contributed by atoms with Gasteiger partial charge in [-0.1, -0.05) is 74.5 Å². The lowest BCUT2D eigenvalue weighted by atomic mass is 9.94. The summed E-state index contributed by atoms with van der Waals surface area (Å²) in [6.45, 7) is 4.87. The third-order valence-corrected chi connectivity index (χ3v) is 8.02. The highest BCUT2D eigenvalue weighted by Gasteiger charge is 2.32. The lowest BCUT2D eigenvalue weighted by Gasteiger charge is -2.34. The highest BCUT2D eigenvalue weighted by Crippen LogP contribution is 2.28. The summed E-state index contributed by atoms with van der Waals surface area (Å²) < 4.78 is 42.8. The van der Waals surface area contributed by atoms with Gasteiger partial charge in [0.1, 0.15) is 5.82 Å².